The van der Waals surface area contributed by atoms with Crippen LogP contribution in [-0.4, -0.2) is 43.6 Å². The molecule has 1 heterocycles. The second-order valence-corrected chi connectivity index (χ2v) is 3.47. The first-order valence-corrected chi connectivity index (χ1v) is 4.56. The van der Waals surface area contributed by atoms with Gasteiger partial charge in [-0.1, -0.05) is 0 Å². The molecule has 0 aromatic carbocycles. The lowest BCUT2D eigenvalue weighted by atomic mass is 10.1. The SMILES string of the molecule is CN(CC1CCOC1)C(=N)N=C(N)N. The maximum absolute atomic E-state index is 7.53. The lowest BCUT2D eigenvalue weighted by Crippen LogP contribution is -2.33. The van der Waals surface area contributed by atoms with Crippen molar-refractivity contribution in [1.82, 2.24) is 4.90 Å². The highest BCUT2D eigenvalue weighted by molar-refractivity contribution is 5.91. The van der Waals surface area contributed by atoms with E-state index in [-0.39, 0.29) is 11.9 Å². The molecule has 1 unspecified atom stereocenters. The number of nitrogens with zero attached hydrogens (tertiary/aromatic N) is 2. The van der Waals surface area contributed by atoms with Crippen molar-refractivity contribution in [3.05, 3.63) is 0 Å². The Balaban J connectivity index is 2.36. The summed E-state index contributed by atoms with van der Waals surface area (Å²) >= 11 is 0. The zero-order valence-electron chi connectivity index (χ0n) is 8.36. The molecule has 1 rings (SSSR count). The Labute approximate surface area is 83.4 Å². The molecule has 1 atom stereocenters. The Kier molecular flexibility index (Phi) is 3.70. The Bertz CT molecular complexity index is 230. The van der Waals surface area contributed by atoms with Crippen LogP contribution in [-0.2, 0) is 4.74 Å². The molecular formula is C8H17N5O. The Hall–Kier alpha value is -1.30. The summed E-state index contributed by atoms with van der Waals surface area (Å²) in [6, 6.07) is 0. The lowest BCUT2D eigenvalue weighted by Gasteiger charge is -2.19. The zero-order chi connectivity index (χ0) is 10.6. The van der Waals surface area contributed by atoms with Gasteiger partial charge >= 0.3 is 0 Å². The van der Waals surface area contributed by atoms with Crippen LogP contribution in [0.1, 0.15) is 6.42 Å². The largest absolute Gasteiger partial charge is 0.381 e. The molecule has 1 fully saturated rings. The third-order valence-corrected chi connectivity index (χ3v) is 2.15. The quantitative estimate of drug-likeness (QED) is 0.399. The van der Waals surface area contributed by atoms with Crippen LogP contribution in [0.5, 0.6) is 0 Å². The molecule has 0 spiro atoms. The van der Waals surface area contributed by atoms with E-state index in [0.717, 1.165) is 26.2 Å². The standard InChI is InChI=1S/C8H17N5O/c1-13(8(11)12-7(9)10)4-6-2-3-14-5-6/h6H,2-5H2,1H3,(H5,9,10,11,12). The molecule has 1 aliphatic rings. The fourth-order valence-corrected chi connectivity index (χ4v) is 1.41. The van der Waals surface area contributed by atoms with Crippen molar-refractivity contribution < 1.29 is 4.74 Å². The minimum atomic E-state index is -0.0791. The topological polar surface area (TPSA) is 101 Å². The zero-order valence-corrected chi connectivity index (χ0v) is 8.36. The van der Waals surface area contributed by atoms with Gasteiger partial charge in [-0.2, -0.15) is 4.99 Å². The second-order valence-electron chi connectivity index (χ2n) is 3.47. The molecule has 0 aromatic heterocycles. The van der Waals surface area contributed by atoms with Crippen LogP contribution in [0.3, 0.4) is 0 Å². The number of ether oxygens (including phenoxy) is 1. The fraction of sp³-hybridized carbons (Fsp3) is 0.750. The van der Waals surface area contributed by atoms with E-state index in [1.807, 2.05) is 0 Å². The number of hydrogen-bond donors (Lipinski definition) is 3. The van der Waals surface area contributed by atoms with Gasteiger partial charge in [0.15, 0.2) is 5.96 Å². The van der Waals surface area contributed by atoms with Crippen molar-refractivity contribution in [1.29, 1.82) is 5.41 Å². The van der Waals surface area contributed by atoms with Crippen molar-refractivity contribution in [2.75, 3.05) is 26.8 Å². The molecule has 6 heteroatoms. The third-order valence-electron chi connectivity index (χ3n) is 2.15. The molecule has 80 valence electrons. The summed E-state index contributed by atoms with van der Waals surface area (Å²) in [4.78, 5) is 5.38. The van der Waals surface area contributed by atoms with Crippen LogP contribution in [0.2, 0.25) is 0 Å². The molecule has 0 bridgehead atoms. The summed E-state index contributed by atoms with van der Waals surface area (Å²) in [7, 11) is 1.80. The van der Waals surface area contributed by atoms with E-state index in [4.69, 9.17) is 21.6 Å². The van der Waals surface area contributed by atoms with Gasteiger partial charge in [0.25, 0.3) is 0 Å². The normalized spacial score (nSPS) is 20.5. The highest BCUT2D eigenvalue weighted by Gasteiger charge is 2.18. The number of aliphatic imine (C=N–C) groups is 1. The average molecular weight is 199 g/mol. The first-order valence-electron chi connectivity index (χ1n) is 4.56. The summed E-state index contributed by atoms with van der Waals surface area (Å²) < 4.78 is 5.24. The molecule has 0 aliphatic carbocycles. The van der Waals surface area contributed by atoms with Crippen molar-refractivity contribution in [2.24, 2.45) is 22.4 Å². The molecular weight excluding hydrogens is 182 g/mol. The minimum Gasteiger partial charge on any atom is -0.381 e. The molecule has 0 radical (unpaired) electrons. The van der Waals surface area contributed by atoms with Crippen LogP contribution in [0.25, 0.3) is 0 Å². The highest BCUT2D eigenvalue weighted by atomic mass is 16.5. The Morgan fingerprint density at radius 3 is 2.86 bits per heavy atom. The third kappa shape index (κ3) is 3.21. The summed E-state index contributed by atoms with van der Waals surface area (Å²) in [5.74, 6) is 0.496. The van der Waals surface area contributed by atoms with E-state index in [9.17, 15) is 0 Å². The van der Waals surface area contributed by atoms with E-state index in [0.29, 0.717) is 5.92 Å². The fourth-order valence-electron chi connectivity index (χ4n) is 1.41. The van der Waals surface area contributed by atoms with E-state index in [1.54, 1.807) is 11.9 Å². The van der Waals surface area contributed by atoms with Gasteiger partial charge < -0.3 is 21.1 Å². The summed E-state index contributed by atoms with van der Waals surface area (Å²) in [5, 5.41) is 7.53. The van der Waals surface area contributed by atoms with Crippen LogP contribution in [0, 0.1) is 11.3 Å². The second kappa shape index (κ2) is 4.80. The predicted molar refractivity (Wildman–Crippen MR) is 55.1 cm³/mol. The van der Waals surface area contributed by atoms with Crippen molar-refractivity contribution in [2.45, 2.75) is 6.42 Å². The van der Waals surface area contributed by atoms with Crippen LogP contribution in [0.15, 0.2) is 4.99 Å². The molecule has 0 amide bonds. The summed E-state index contributed by atoms with van der Waals surface area (Å²) in [5.41, 5.74) is 10.3. The Morgan fingerprint density at radius 2 is 2.36 bits per heavy atom. The van der Waals surface area contributed by atoms with Crippen molar-refractivity contribution in [3.8, 4) is 0 Å². The number of hydrogen-bond acceptors (Lipinski definition) is 2. The van der Waals surface area contributed by atoms with Gasteiger partial charge in [-0.3, -0.25) is 5.41 Å². The van der Waals surface area contributed by atoms with Gasteiger partial charge in [0.05, 0.1) is 6.61 Å². The highest BCUT2D eigenvalue weighted by Crippen LogP contribution is 2.13. The van der Waals surface area contributed by atoms with E-state index < -0.39 is 0 Å². The first-order chi connectivity index (χ1) is 6.59. The van der Waals surface area contributed by atoms with Crippen LogP contribution < -0.4 is 11.5 Å². The molecule has 0 saturated carbocycles. The first kappa shape index (κ1) is 10.8. The van der Waals surface area contributed by atoms with E-state index >= 15 is 0 Å². The Morgan fingerprint density at radius 1 is 1.64 bits per heavy atom. The number of nitrogens with one attached hydrogen (secondary N) is 1. The molecule has 1 aliphatic heterocycles. The molecule has 5 N–H and O–H groups in total. The number of nitrogens with two attached hydrogens (primary N) is 2. The summed E-state index contributed by atoms with van der Waals surface area (Å²) in [6.45, 7) is 2.34. The van der Waals surface area contributed by atoms with Gasteiger partial charge in [-0.15, -0.1) is 0 Å². The van der Waals surface area contributed by atoms with Gasteiger partial charge in [-0.05, 0) is 6.42 Å². The van der Waals surface area contributed by atoms with Crippen molar-refractivity contribution >= 4 is 11.9 Å². The van der Waals surface area contributed by atoms with Crippen molar-refractivity contribution in [3.63, 3.8) is 0 Å². The predicted octanol–water partition coefficient (Wildman–Crippen LogP) is -0.837. The molecule has 0 aromatic rings. The maximum atomic E-state index is 7.53. The van der Waals surface area contributed by atoms with Gasteiger partial charge in [-0.25, -0.2) is 0 Å². The van der Waals surface area contributed by atoms with Crippen LogP contribution >= 0.6 is 0 Å². The molecule has 14 heavy (non-hydrogen) atoms. The minimum absolute atomic E-state index is 0.0791. The number of rotatable bonds is 2. The van der Waals surface area contributed by atoms with Gasteiger partial charge in [0.1, 0.15) is 0 Å². The average Bonchev–Trinajstić information content (AvgIpc) is 2.55. The lowest BCUT2D eigenvalue weighted by molar-refractivity contribution is 0.181. The molecule has 6 nitrogen and oxygen atoms in total. The molecule has 1 saturated heterocycles. The van der Waals surface area contributed by atoms with E-state index in [1.165, 1.54) is 0 Å². The monoisotopic (exact) mass is 199 g/mol. The smallest absolute Gasteiger partial charge is 0.220 e. The maximum Gasteiger partial charge on any atom is 0.220 e. The van der Waals surface area contributed by atoms with Crippen LogP contribution in [0.4, 0.5) is 0 Å². The summed E-state index contributed by atoms with van der Waals surface area (Å²) in [6.07, 6.45) is 1.04. The van der Waals surface area contributed by atoms with Gasteiger partial charge in [0.2, 0.25) is 5.96 Å². The number of guanidine groups is 2. The van der Waals surface area contributed by atoms with Gasteiger partial charge in [0, 0.05) is 26.1 Å². The van der Waals surface area contributed by atoms with E-state index in [2.05, 4.69) is 4.99 Å².